The molecule has 0 radical (unpaired) electrons. The van der Waals surface area contributed by atoms with Crippen LogP contribution < -0.4 is 10.6 Å². The van der Waals surface area contributed by atoms with E-state index in [9.17, 15) is 0 Å². The maximum atomic E-state index is 3.58. The van der Waals surface area contributed by atoms with E-state index in [0.29, 0.717) is 0 Å². The van der Waals surface area contributed by atoms with Crippen molar-refractivity contribution in [2.75, 3.05) is 19.6 Å². The fourth-order valence-electron chi connectivity index (χ4n) is 2.23. The van der Waals surface area contributed by atoms with Crippen molar-refractivity contribution in [2.24, 2.45) is 5.92 Å². The molecule has 1 aromatic rings. The van der Waals surface area contributed by atoms with Gasteiger partial charge in [-0.05, 0) is 34.9 Å². The van der Waals surface area contributed by atoms with Crippen LogP contribution in [-0.2, 0) is 12.0 Å². The Morgan fingerprint density at radius 1 is 1.28 bits per heavy atom. The molecule has 0 amide bonds. The van der Waals surface area contributed by atoms with E-state index in [0.717, 1.165) is 19.0 Å². The summed E-state index contributed by atoms with van der Waals surface area (Å²) < 4.78 is 0. The van der Waals surface area contributed by atoms with Crippen molar-refractivity contribution in [3.63, 3.8) is 0 Å². The largest absolute Gasteiger partial charge is 0.316 e. The lowest BCUT2D eigenvalue weighted by atomic mass is 9.85. The van der Waals surface area contributed by atoms with E-state index in [1.165, 1.54) is 29.8 Å². The first-order valence-electron chi connectivity index (χ1n) is 6.98. The second-order valence-corrected chi connectivity index (χ2v) is 6.55. The van der Waals surface area contributed by atoms with Crippen LogP contribution >= 0.6 is 0 Å². The van der Waals surface area contributed by atoms with Crippen molar-refractivity contribution in [3.8, 4) is 0 Å². The minimum absolute atomic E-state index is 0.236. The molecule has 1 aliphatic rings. The molecule has 0 bridgehead atoms. The van der Waals surface area contributed by atoms with Gasteiger partial charge in [0.15, 0.2) is 0 Å². The van der Waals surface area contributed by atoms with E-state index in [1.54, 1.807) is 0 Å². The van der Waals surface area contributed by atoms with E-state index in [1.807, 2.05) is 0 Å². The van der Waals surface area contributed by atoms with Crippen molar-refractivity contribution >= 4 is 0 Å². The third-order valence-electron chi connectivity index (χ3n) is 3.83. The van der Waals surface area contributed by atoms with Gasteiger partial charge in [0.2, 0.25) is 0 Å². The Labute approximate surface area is 111 Å². The van der Waals surface area contributed by atoms with Gasteiger partial charge in [-0.2, -0.15) is 0 Å². The van der Waals surface area contributed by atoms with Crippen molar-refractivity contribution in [2.45, 2.75) is 39.7 Å². The lowest BCUT2D eigenvalue weighted by Crippen LogP contribution is -2.47. The number of benzene rings is 1. The lowest BCUT2D eigenvalue weighted by Gasteiger charge is -2.27. The summed E-state index contributed by atoms with van der Waals surface area (Å²) in [7, 11) is 0. The van der Waals surface area contributed by atoms with E-state index >= 15 is 0 Å². The molecule has 0 saturated carbocycles. The molecule has 100 valence electrons. The van der Waals surface area contributed by atoms with Crippen LogP contribution in [0.2, 0.25) is 0 Å². The van der Waals surface area contributed by atoms with Crippen molar-refractivity contribution in [3.05, 3.63) is 34.9 Å². The Hall–Kier alpha value is -0.860. The van der Waals surface area contributed by atoms with Crippen LogP contribution in [0.4, 0.5) is 0 Å². The maximum absolute atomic E-state index is 3.58. The van der Waals surface area contributed by atoms with Crippen LogP contribution in [-0.4, -0.2) is 19.6 Å². The molecule has 0 atom stereocenters. The zero-order chi connectivity index (χ0) is 13.2. The van der Waals surface area contributed by atoms with Crippen molar-refractivity contribution in [1.82, 2.24) is 10.6 Å². The van der Waals surface area contributed by atoms with E-state index in [-0.39, 0.29) is 5.41 Å². The second kappa shape index (κ2) is 5.41. The maximum Gasteiger partial charge on any atom is 0.0208 e. The molecule has 2 N–H and O–H groups in total. The second-order valence-electron chi connectivity index (χ2n) is 6.55. The Kier molecular flexibility index (Phi) is 4.08. The summed E-state index contributed by atoms with van der Waals surface area (Å²) in [6, 6.07) is 6.87. The Bertz CT molecular complexity index is 400. The molecule has 1 heterocycles. The molecule has 2 rings (SSSR count). The average molecular weight is 246 g/mol. The molecule has 0 unspecified atom stereocenters. The van der Waals surface area contributed by atoms with Gasteiger partial charge >= 0.3 is 0 Å². The standard InChI is InChI=1S/C16H26N2/c1-12-5-6-15(16(2,3)4)7-14(12)11-18-10-13-8-17-9-13/h5-7,13,17-18H,8-11H2,1-4H3. The molecule has 1 aliphatic heterocycles. The van der Waals surface area contributed by atoms with Gasteiger partial charge in [-0.3, -0.25) is 0 Å². The van der Waals surface area contributed by atoms with Crippen LogP contribution in [0.5, 0.6) is 0 Å². The van der Waals surface area contributed by atoms with Crippen LogP contribution in [0.15, 0.2) is 18.2 Å². The van der Waals surface area contributed by atoms with E-state index < -0.39 is 0 Å². The highest BCUT2D eigenvalue weighted by Gasteiger charge is 2.17. The van der Waals surface area contributed by atoms with Crippen LogP contribution in [0.25, 0.3) is 0 Å². The molecule has 18 heavy (non-hydrogen) atoms. The third kappa shape index (κ3) is 3.33. The van der Waals surface area contributed by atoms with Gasteiger partial charge in [-0.25, -0.2) is 0 Å². The summed E-state index contributed by atoms with van der Waals surface area (Å²) in [5, 5.41) is 6.89. The summed E-state index contributed by atoms with van der Waals surface area (Å²) in [6.45, 7) is 13.5. The first-order valence-corrected chi connectivity index (χ1v) is 6.98. The summed E-state index contributed by atoms with van der Waals surface area (Å²) in [5.41, 5.74) is 4.49. The highest BCUT2D eigenvalue weighted by Crippen LogP contribution is 2.24. The van der Waals surface area contributed by atoms with Gasteiger partial charge in [-0.15, -0.1) is 0 Å². The minimum atomic E-state index is 0.236. The summed E-state index contributed by atoms with van der Waals surface area (Å²) in [4.78, 5) is 0. The van der Waals surface area contributed by atoms with Gasteiger partial charge in [0.1, 0.15) is 0 Å². The van der Waals surface area contributed by atoms with Crippen LogP contribution in [0.1, 0.15) is 37.5 Å². The number of hydrogen-bond acceptors (Lipinski definition) is 2. The molecular formula is C16H26N2. The molecule has 1 fully saturated rings. The quantitative estimate of drug-likeness (QED) is 0.853. The minimum Gasteiger partial charge on any atom is -0.316 e. The SMILES string of the molecule is Cc1ccc(C(C)(C)C)cc1CNCC1CNC1. The Morgan fingerprint density at radius 2 is 2.00 bits per heavy atom. The number of hydrogen-bond donors (Lipinski definition) is 2. The average Bonchev–Trinajstić information content (AvgIpc) is 2.22. The number of aryl methyl sites for hydroxylation is 1. The predicted molar refractivity (Wildman–Crippen MR) is 77.9 cm³/mol. The summed E-state index contributed by atoms with van der Waals surface area (Å²) in [6.07, 6.45) is 0. The molecular weight excluding hydrogens is 220 g/mol. The molecule has 2 heteroatoms. The van der Waals surface area contributed by atoms with Crippen LogP contribution in [0, 0.1) is 12.8 Å². The van der Waals surface area contributed by atoms with E-state index in [2.05, 4.69) is 56.5 Å². The smallest absolute Gasteiger partial charge is 0.0208 e. The molecule has 0 spiro atoms. The van der Waals surface area contributed by atoms with Gasteiger partial charge in [0.05, 0.1) is 0 Å². The molecule has 0 aliphatic carbocycles. The topological polar surface area (TPSA) is 24.1 Å². The van der Waals surface area contributed by atoms with Gasteiger partial charge < -0.3 is 10.6 Å². The molecule has 2 nitrogen and oxygen atoms in total. The number of nitrogens with one attached hydrogen (secondary N) is 2. The first-order chi connectivity index (χ1) is 8.47. The number of rotatable bonds is 4. The monoisotopic (exact) mass is 246 g/mol. The molecule has 1 aromatic carbocycles. The fraction of sp³-hybridized carbons (Fsp3) is 0.625. The Morgan fingerprint density at radius 3 is 2.56 bits per heavy atom. The zero-order valence-corrected chi connectivity index (χ0v) is 12.1. The predicted octanol–water partition coefficient (Wildman–Crippen LogP) is 2.60. The van der Waals surface area contributed by atoms with Crippen molar-refractivity contribution < 1.29 is 0 Å². The van der Waals surface area contributed by atoms with Gasteiger partial charge in [0, 0.05) is 26.2 Å². The third-order valence-corrected chi connectivity index (χ3v) is 3.83. The molecule has 0 aromatic heterocycles. The van der Waals surface area contributed by atoms with Crippen LogP contribution in [0.3, 0.4) is 0 Å². The normalized spacial score (nSPS) is 16.7. The molecule has 1 saturated heterocycles. The van der Waals surface area contributed by atoms with Gasteiger partial charge in [0.25, 0.3) is 0 Å². The highest BCUT2D eigenvalue weighted by atomic mass is 15.0. The summed E-state index contributed by atoms with van der Waals surface area (Å²) >= 11 is 0. The summed E-state index contributed by atoms with van der Waals surface area (Å²) in [5.74, 6) is 0.830. The highest BCUT2D eigenvalue weighted by molar-refractivity contribution is 5.34. The lowest BCUT2D eigenvalue weighted by molar-refractivity contribution is 0.331. The van der Waals surface area contributed by atoms with Crippen molar-refractivity contribution in [1.29, 1.82) is 0 Å². The Balaban J connectivity index is 1.97. The van der Waals surface area contributed by atoms with E-state index in [4.69, 9.17) is 0 Å². The first kappa shape index (κ1) is 13.6. The van der Waals surface area contributed by atoms with Gasteiger partial charge in [-0.1, -0.05) is 39.0 Å². The fourth-order valence-corrected chi connectivity index (χ4v) is 2.23. The zero-order valence-electron chi connectivity index (χ0n) is 12.1.